The van der Waals surface area contributed by atoms with Gasteiger partial charge in [0.2, 0.25) is 0 Å². The molecule has 8 heteroatoms. The van der Waals surface area contributed by atoms with Crippen LogP contribution in [0.15, 0.2) is 24.3 Å². The highest BCUT2D eigenvalue weighted by atomic mass is 127. The molecular formula is C12H10IN3O4. The Morgan fingerprint density at radius 3 is 2.50 bits per heavy atom. The quantitative estimate of drug-likeness (QED) is 0.350. The highest BCUT2D eigenvalue weighted by Crippen LogP contribution is 2.22. The van der Waals surface area contributed by atoms with E-state index in [1.807, 2.05) is 29.5 Å². The van der Waals surface area contributed by atoms with E-state index in [-0.39, 0.29) is 11.4 Å². The second-order valence-corrected chi connectivity index (χ2v) is 5.00. The normalized spacial score (nSPS) is 10.3. The number of rotatable bonds is 3. The molecule has 0 spiro atoms. The van der Waals surface area contributed by atoms with Gasteiger partial charge in [-0.15, -0.1) is 0 Å². The van der Waals surface area contributed by atoms with Crippen LogP contribution in [0.25, 0.3) is 5.69 Å². The van der Waals surface area contributed by atoms with Crippen LogP contribution in [0.5, 0.6) is 0 Å². The summed E-state index contributed by atoms with van der Waals surface area (Å²) in [6.45, 7) is 1.81. The number of nitro groups is 1. The third-order valence-corrected chi connectivity index (χ3v) is 4.02. The third kappa shape index (κ3) is 2.50. The predicted octanol–water partition coefficient (Wildman–Crippen LogP) is 2.48. The Balaban J connectivity index is 2.48. The predicted molar refractivity (Wildman–Crippen MR) is 79.0 cm³/mol. The fourth-order valence-corrected chi connectivity index (χ4v) is 2.23. The van der Waals surface area contributed by atoms with E-state index in [1.165, 1.54) is 19.2 Å². The molecule has 0 amide bonds. The van der Waals surface area contributed by atoms with Crippen molar-refractivity contribution >= 4 is 34.2 Å². The molecule has 0 bridgehead atoms. The van der Waals surface area contributed by atoms with Gasteiger partial charge in [0, 0.05) is 12.1 Å². The molecule has 0 saturated carbocycles. The van der Waals surface area contributed by atoms with E-state index >= 15 is 0 Å². The minimum atomic E-state index is -0.516. The first-order chi connectivity index (χ1) is 9.45. The summed E-state index contributed by atoms with van der Waals surface area (Å²) in [5, 5.41) is 14.8. The molecule has 0 N–H and O–H groups in total. The van der Waals surface area contributed by atoms with Crippen molar-refractivity contribution in [3.05, 3.63) is 49.3 Å². The number of ether oxygens (including phenoxy) is 1. The molecule has 2 rings (SSSR count). The van der Waals surface area contributed by atoms with Crippen molar-refractivity contribution in [3.8, 4) is 5.69 Å². The van der Waals surface area contributed by atoms with Gasteiger partial charge in [-0.1, -0.05) is 0 Å². The van der Waals surface area contributed by atoms with Gasteiger partial charge >= 0.3 is 5.97 Å². The Morgan fingerprint density at radius 2 is 2.00 bits per heavy atom. The molecule has 1 aromatic heterocycles. The van der Waals surface area contributed by atoms with Crippen LogP contribution in [-0.2, 0) is 4.74 Å². The molecule has 0 aliphatic heterocycles. The highest BCUT2D eigenvalue weighted by Gasteiger charge is 2.20. The molecule has 20 heavy (non-hydrogen) atoms. The number of hydrogen-bond acceptors (Lipinski definition) is 5. The summed E-state index contributed by atoms with van der Waals surface area (Å²) in [5.74, 6) is -0.516. The van der Waals surface area contributed by atoms with E-state index in [0.29, 0.717) is 9.26 Å². The van der Waals surface area contributed by atoms with Crippen LogP contribution in [0.2, 0.25) is 0 Å². The number of esters is 1. The lowest BCUT2D eigenvalue weighted by molar-refractivity contribution is -0.384. The lowest BCUT2D eigenvalue weighted by Gasteiger charge is -2.03. The minimum absolute atomic E-state index is 0.00134. The first-order valence-corrected chi connectivity index (χ1v) is 6.62. The number of benzene rings is 1. The van der Waals surface area contributed by atoms with Crippen LogP contribution in [0.1, 0.15) is 16.2 Å². The maximum absolute atomic E-state index is 11.6. The highest BCUT2D eigenvalue weighted by molar-refractivity contribution is 14.1. The van der Waals surface area contributed by atoms with Gasteiger partial charge in [0.1, 0.15) is 0 Å². The first-order valence-electron chi connectivity index (χ1n) is 5.54. The number of hydrogen-bond donors (Lipinski definition) is 0. The van der Waals surface area contributed by atoms with Gasteiger partial charge in [0.05, 0.1) is 27.0 Å². The van der Waals surface area contributed by atoms with Gasteiger partial charge in [-0.3, -0.25) is 10.1 Å². The van der Waals surface area contributed by atoms with Gasteiger partial charge in [-0.05, 0) is 41.6 Å². The van der Waals surface area contributed by atoms with Crippen LogP contribution in [0.4, 0.5) is 5.69 Å². The summed E-state index contributed by atoms with van der Waals surface area (Å²) in [6, 6.07) is 5.94. The molecular weight excluding hydrogens is 377 g/mol. The average molecular weight is 387 g/mol. The van der Waals surface area contributed by atoms with Crippen molar-refractivity contribution in [2.45, 2.75) is 6.92 Å². The number of carbonyl (C=O) groups is 1. The summed E-state index contributed by atoms with van der Waals surface area (Å²) in [6.07, 6.45) is 0. The van der Waals surface area contributed by atoms with E-state index in [1.54, 1.807) is 16.8 Å². The molecule has 0 atom stereocenters. The van der Waals surface area contributed by atoms with E-state index in [0.717, 1.165) is 5.69 Å². The molecule has 0 unspecified atom stereocenters. The van der Waals surface area contributed by atoms with E-state index < -0.39 is 10.9 Å². The molecule has 0 aliphatic carbocycles. The topological polar surface area (TPSA) is 87.3 Å². The largest absolute Gasteiger partial charge is 0.464 e. The molecule has 0 saturated heterocycles. The fraction of sp³-hybridized carbons (Fsp3) is 0.167. The van der Waals surface area contributed by atoms with Crippen molar-refractivity contribution in [1.29, 1.82) is 0 Å². The molecule has 0 fully saturated rings. The van der Waals surface area contributed by atoms with Gasteiger partial charge < -0.3 is 4.74 Å². The second-order valence-electron chi connectivity index (χ2n) is 3.92. The lowest BCUT2D eigenvalue weighted by atomic mass is 10.3. The van der Waals surface area contributed by atoms with Crippen LogP contribution in [0, 0.1) is 20.6 Å². The summed E-state index contributed by atoms with van der Waals surface area (Å²) < 4.78 is 6.90. The molecule has 1 heterocycles. The molecule has 7 nitrogen and oxygen atoms in total. The third-order valence-electron chi connectivity index (χ3n) is 2.73. The van der Waals surface area contributed by atoms with Gasteiger partial charge in [0.25, 0.3) is 5.69 Å². The maximum Gasteiger partial charge on any atom is 0.359 e. The number of aromatic nitrogens is 2. The molecule has 0 aliphatic rings. The van der Waals surface area contributed by atoms with E-state index in [2.05, 4.69) is 9.84 Å². The number of halogens is 1. The van der Waals surface area contributed by atoms with Crippen molar-refractivity contribution in [1.82, 2.24) is 9.78 Å². The van der Waals surface area contributed by atoms with Crippen molar-refractivity contribution in [2.75, 3.05) is 7.11 Å². The zero-order valence-corrected chi connectivity index (χ0v) is 12.8. The first kappa shape index (κ1) is 14.4. The second kappa shape index (κ2) is 5.57. The smallest absolute Gasteiger partial charge is 0.359 e. The van der Waals surface area contributed by atoms with Crippen molar-refractivity contribution in [2.24, 2.45) is 0 Å². The Labute approximate surface area is 127 Å². The Morgan fingerprint density at radius 1 is 1.40 bits per heavy atom. The lowest BCUT2D eigenvalue weighted by Crippen LogP contribution is -2.05. The zero-order chi connectivity index (χ0) is 14.9. The van der Waals surface area contributed by atoms with Crippen molar-refractivity contribution < 1.29 is 14.5 Å². The molecule has 0 radical (unpaired) electrons. The fourth-order valence-electron chi connectivity index (χ4n) is 1.68. The summed E-state index contributed by atoms with van der Waals surface area (Å²) >= 11 is 2.02. The Bertz CT molecular complexity index is 679. The summed E-state index contributed by atoms with van der Waals surface area (Å²) in [4.78, 5) is 21.7. The molecule has 1 aromatic carbocycles. The zero-order valence-electron chi connectivity index (χ0n) is 10.7. The van der Waals surface area contributed by atoms with Gasteiger partial charge in [0.15, 0.2) is 5.69 Å². The standard InChI is InChI=1S/C12H10IN3O4/c1-7-10(13)11(12(17)20-2)14-15(7)8-3-5-9(6-4-8)16(18)19/h3-6H,1-2H3. The van der Waals surface area contributed by atoms with Crippen LogP contribution < -0.4 is 0 Å². The Kier molecular flexibility index (Phi) is 4.02. The number of nitrogens with zero attached hydrogens (tertiary/aromatic N) is 3. The van der Waals surface area contributed by atoms with E-state index in [9.17, 15) is 14.9 Å². The van der Waals surface area contributed by atoms with Crippen molar-refractivity contribution in [3.63, 3.8) is 0 Å². The van der Waals surface area contributed by atoms with Crippen LogP contribution in [0.3, 0.4) is 0 Å². The number of non-ortho nitro benzene ring substituents is 1. The van der Waals surface area contributed by atoms with Crippen LogP contribution in [-0.4, -0.2) is 27.8 Å². The molecule has 2 aromatic rings. The number of methoxy groups -OCH3 is 1. The monoisotopic (exact) mass is 387 g/mol. The Hall–Kier alpha value is -1.97. The van der Waals surface area contributed by atoms with E-state index in [4.69, 9.17) is 0 Å². The molecule has 104 valence electrons. The summed E-state index contributed by atoms with van der Waals surface area (Å²) in [7, 11) is 1.29. The van der Waals surface area contributed by atoms with Crippen LogP contribution >= 0.6 is 22.6 Å². The summed E-state index contributed by atoms with van der Waals surface area (Å²) in [5.41, 5.74) is 1.63. The van der Waals surface area contributed by atoms with Gasteiger partial charge in [-0.25, -0.2) is 9.48 Å². The number of nitro benzene ring substituents is 1. The average Bonchev–Trinajstić information content (AvgIpc) is 2.75. The SMILES string of the molecule is COC(=O)c1nn(-c2ccc([N+](=O)[O-])cc2)c(C)c1I. The van der Waals surface area contributed by atoms with Gasteiger partial charge in [-0.2, -0.15) is 5.10 Å². The maximum atomic E-state index is 11.6. The number of carbonyl (C=O) groups excluding carboxylic acids is 1. The minimum Gasteiger partial charge on any atom is -0.464 e.